The molecule has 26 heavy (non-hydrogen) atoms. The third-order valence-corrected chi connectivity index (χ3v) is 5.22. The maximum Gasteiger partial charge on any atom is 0.188 e. The van der Waals surface area contributed by atoms with Crippen molar-refractivity contribution in [1.29, 1.82) is 0 Å². The van der Waals surface area contributed by atoms with Crippen LogP contribution in [0.15, 0.2) is 29.3 Å². The molecular formula is C20H33IN4O. The number of rotatable bonds is 6. The van der Waals surface area contributed by atoms with Crippen molar-refractivity contribution in [2.45, 2.75) is 58.4 Å². The van der Waals surface area contributed by atoms with Crippen molar-refractivity contribution in [2.75, 3.05) is 19.6 Å². The van der Waals surface area contributed by atoms with Gasteiger partial charge in [-0.2, -0.15) is 0 Å². The summed E-state index contributed by atoms with van der Waals surface area (Å²) in [5.41, 5.74) is 8.62. The molecular weight excluding hydrogens is 439 g/mol. The average molecular weight is 472 g/mol. The van der Waals surface area contributed by atoms with E-state index in [2.05, 4.69) is 53.3 Å². The van der Waals surface area contributed by atoms with Gasteiger partial charge in [-0.05, 0) is 43.7 Å². The first kappa shape index (κ1) is 21.4. The molecule has 0 spiro atoms. The highest BCUT2D eigenvalue weighted by Gasteiger charge is 2.22. The Labute approximate surface area is 174 Å². The molecule has 1 aliphatic carbocycles. The van der Waals surface area contributed by atoms with E-state index in [0.717, 1.165) is 32.1 Å². The second-order valence-electron chi connectivity index (χ2n) is 7.60. The standard InChI is InChI=1S/C20H32N4O.HI/c1-15-12-24(13-16(2)25-15)14-19-9-4-3-8-18(19)11-23-20(21)22-10-17-6-5-7-17;/h3-4,8-9,15-17H,5-7,10-14H2,1-2H3,(H3,21,22,23);1H. The van der Waals surface area contributed by atoms with Gasteiger partial charge in [0.25, 0.3) is 0 Å². The van der Waals surface area contributed by atoms with Gasteiger partial charge in [0.05, 0.1) is 18.8 Å². The summed E-state index contributed by atoms with van der Waals surface area (Å²) in [6, 6.07) is 8.55. The largest absolute Gasteiger partial charge is 0.373 e. The maximum absolute atomic E-state index is 6.03. The molecule has 3 rings (SSSR count). The minimum Gasteiger partial charge on any atom is -0.373 e. The van der Waals surface area contributed by atoms with E-state index in [-0.39, 0.29) is 24.0 Å². The molecule has 1 aromatic carbocycles. The topological polar surface area (TPSA) is 62.9 Å². The van der Waals surface area contributed by atoms with Gasteiger partial charge in [0.1, 0.15) is 0 Å². The number of benzene rings is 1. The Bertz CT molecular complexity index is 581. The Balaban J connectivity index is 0.00000243. The summed E-state index contributed by atoms with van der Waals surface area (Å²) in [6.45, 7) is 8.79. The van der Waals surface area contributed by atoms with Crippen LogP contribution < -0.4 is 11.1 Å². The molecule has 146 valence electrons. The molecule has 1 heterocycles. The summed E-state index contributed by atoms with van der Waals surface area (Å²) in [5, 5.41) is 3.27. The van der Waals surface area contributed by atoms with Crippen LogP contribution >= 0.6 is 24.0 Å². The van der Waals surface area contributed by atoms with Gasteiger partial charge in [0.15, 0.2) is 5.96 Å². The number of nitrogens with zero attached hydrogens (tertiary/aromatic N) is 2. The van der Waals surface area contributed by atoms with Crippen LogP contribution in [0.4, 0.5) is 0 Å². The average Bonchev–Trinajstić information content (AvgIpc) is 2.51. The van der Waals surface area contributed by atoms with Gasteiger partial charge in [0.2, 0.25) is 0 Å². The van der Waals surface area contributed by atoms with E-state index in [9.17, 15) is 0 Å². The number of halogens is 1. The van der Waals surface area contributed by atoms with Crippen molar-refractivity contribution in [3.63, 3.8) is 0 Å². The van der Waals surface area contributed by atoms with Crippen LogP contribution in [0.1, 0.15) is 44.2 Å². The van der Waals surface area contributed by atoms with Crippen molar-refractivity contribution in [1.82, 2.24) is 10.2 Å². The lowest BCUT2D eigenvalue weighted by atomic mass is 9.85. The summed E-state index contributed by atoms with van der Waals surface area (Å²) < 4.78 is 5.84. The Kier molecular flexibility index (Phi) is 8.63. The summed E-state index contributed by atoms with van der Waals surface area (Å²) >= 11 is 0. The molecule has 1 saturated heterocycles. The lowest BCUT2D eigenvalue weighted by molar-refractivity contribution is -0.0705. The summed E-state index contributed by atoms with van der Waals surface area (Å²) in [5.74, 6) is 1.35. The van der Waals surface area contributed by atoms with E-state index in [4.69, 9.17) is 10.5 Å². The second-order valence-corrected chi connectivity index (χ2v) is 7.60. The number of morpholine rings is 1. The van der Waals surface area contributed by atoms with Crippen LogP contribution in [-0.2, 0) is 17.8 Å². The Morgan fingerprint density at radius 1 is 1.19 bits per heavy atom. The van der Waals surface area contributed by atoms with Crippen LogP contribution in [0.25, 0.3) is 0 Å². The monoisotopic (exact) mass is 472 g/mol. The molecule has 5 nitrogen and oxygen atoms in total. The van der Waals surface area contributed by atoms with Crippen LogP contribution in [0, 0.1) is 5.92 Å². The van der Waals surface area contributed by atoms with Gasteiger partial charge in [-0.25, -0.2) is 4.99 Å². The van der Waals surface area contributed by atoms with Crippen LogP contribution in [0.5, 0.6) is 0 Å². The van der Waals surface area contributed by atoms with Crippen molar-refractivity contribution >= 4 is 29.9 Å². The van der Waals surface area contributed by atoms with E-state index < -0.39 is 0 Å². The fraction of sp³-hybridized carbons (Fsp3) is 0.650. The van der Waals surface area contributed by atoms with Gasteiger partial charge >= 0.3 is 0 Å². The van der Waals surface area contributed by atoms with Crippen LogP contribution in [0.2, 0.25) is 0 Å². The summed E-state index contributed by atoms with van der Waals surface area (Å²) in [6.07, 6.45) is 4.58. The first-order chi connectivity index (χ1) is 12.1. The van der Waals surface area contributed by atoms with E-state index in [1.54, 1.807) is 0 Å². The minimum absolute atomic E-state index is 0. The number of hydrogen-bond acceptors (Lipinski definition) is 3. The number of ether oxygens (including phenoxy) is 1. The first-order valence-electron chi connectivity index (χ1n) is 9.58. The van der Waals surface area contributed by atoms with Gasteiger partial charge < -0.3 is 15.8 Å². The molecule has 1 aromatic rings. The first-order valence-corrected chi connectivity index (χ1v) is 9.58. The van der Waals surface area contributed by atoms with Gasteiger partial charge in [-0.15, -0.1) is 24.0 Å². The normalized spacial score (nSPS) is 24.6. The molecule has 6 heteroatoms. The van der Waals surface area contributed by atoms with Crippen molar-refractivity contribution < 1.29 is 4.74 Å². The van der Waals surface area contributed by atoms with Gasteiger partial charge in [-0.3, -0.25) is 4.90 Å². The number of nitrogens with one attached hydrogen (secondary N) is 1. The Morgan fingerprint density at radius 2 is 1.85 bits per heavy atom. The lowest BCUT2D eigenvalue weighted by Gasteiger charge is -2.35. The third-order valence-electron chi connectivity index (χ3n) is 5.22. The van der Waals surface area contributed by atoms with E-state index in [1.165, 1.54) is 30.4 Å². The lowest BCUT2D eigenvalue weighted by Crippen LogP contribution is -2.44. The smallest absolute Gasteiger partial charge is 0.188 e. The van der Waals surface area contributed by atoms with Crippen molar-refractivity contribution in [3.8, 4) is 0 Å². The molecule has 0 radical (unpaired) electrons. The minimum atomic E-state index is 0. The number of aliphatic imine (C=N–C) groups is 1. The molecule has 2 aliphatic rings. The zero-order chi connectivity index (χ0) is 17.6. The molecule has 0 aromatic heterocycles. The van der Waals surface area contributed by atoms with Crippen LogP contribution in [0.3, 0.4) is 0 Å². The SMILES string of the molecule is CC1CN(Cc2ccccc2CN=C(N)NCC2CCC2)CC(C)O1.I. The Hall–Kier alpha value is -0.860. The molecule has 0 bridgehead atoms. The van der Waals surface area contributed by atoms with Crippen molar-refractivity contribution in [3.05, 3.63) is 35.4 Å². The molecule has 1 saturated carbocycles. The third kappa shape index (κ3) is 6.39. The zero-order valence-corrected chi connectivity index (χ0v) is 18.3. The van der Waals surface area contributed by atoms with E-state index in [1.807, 2.05) is 0 Å². The second kappa shape index (κ2) is 10.5. The zero-order valence-electron chi connectivity index (χ0n) is 16.0. The highest BCUT2D eigenvalue weighted by atomic mass is 127. The van der Waals surface area contributed by atoms with Gasteiger partial charge in [0, 0.05) is 26.2 Å². The van der Waals surface area contributed by atoms with E-state index >= 15 is 0 Å². The molecule has 3 N–H and O–H groups in total. The highest BCUT2D eigenvalue weighted by Crippen LogP contribution is 2.25. The predicted molar refractivity (Wildman–Crippen MR) is 118 cm³/mol. The van der Waals surface area contributed by atoms with Crippen molar-refractivity contribution in [2.24, 2.45) is 16.6 Å². The molecule has 2 atom stereocenters. The number of nitrogens with two attached hydrogens (primary N) is 1. The highest BCUT2D eigenvalue weighted by molar-refractivity contribution is 14.0. The van der Waals surface area contributed by atoms with E-state index in [0.29, 0.717) is 24.7 Å². The fourth-order valence-corrected chi connectivity index (χ4v) is 3.69. The van der Waals surface area contributed by atoms with Gasteiger partial charge in [-0.1, -0.05) is 30.7 Å². The Morgan fingerprint density at radius 3 is 2.46 bits per heavy atom. The molecule has 2 fully saturated rings. The van der Waals surface area contributed by atoms with Crippen LogP contribution in [-0.4, -0.2) is 42.7 Å². The maximum atomic E-state index is 6.03. The number of guanidine groups is 1. The predicted octanol–water partition coefficient (Wildman–Crippen LogP) is 3.12. The quantitative estimate of drug-likeness (QED) is 0.380. The number of hydrogen-bond donors (Lipinski definition) is 2. The summed E-state index contributed by atoms with van der Waals surface area (Å²) in [7, 11) is 0. The molecule has 0 amide bonds. The molecule has 1 aliphatic heterocycles. The molecule has 2 unspecified atom stereocenters. The fourth-order valence-electron chi connectivity index (χ4n) is 3.69. The summed E-state index contributed by atoms with van der Waals surface area (Å²) in [4.78, 5) is 7.02.